The zero-order valence-electron chi connectivity index (χ0n) is 16.7. The van der Waals surface area contributed by atoms with Crippen LogP contribution < -0.4 is 9.64 Å². The molecule has 2 aromatic carbocycles. The highest BCUT2D eigenvalue weighted by molar-refractivity contribution is 5.68. The number of non-ortho nitro benzene ring substituents is 1. The second kappa shape index (κ2) is 9.22. The van der Waals surface area contributed by atoms with Crippen molar-refractivity contribution in [3.8, 4) is 11.8 Å². The Morgan fingerprint density at radius 2 is 2.07 bits per heavy atom. The molecule has 0 radical (unpaired) electrons. The molecule has 2 aromatic rings. The van der Waals surface area contributed by atoms with E-state index in [1.807, 2.05) is 18.2 Å². The molecule has 0 unspecified atom stereocenters. The normalized spacial score (nSPS) is 15.1. The van der Waals surface area contributed by atoms with E-state index in [2.05, 4.69) is 24.0 Å². The molecule has 0 saturated carbocycles. The highest BCUT2D eigenvalue weighted by Crippen LogP contribution is 2.24. The Bertz CT molecular complexity index is 957. The summed E-state index contributed by atoms with van der Waals surface area (Å²) < 4.78 is 5.50. The van der Waals surface area contributed by atoms with Crippen molar-refractivity contribution in [1.82, 2.24) is 4.90 Å². The Balaban J connectivity index is 1.71. The van der Waals surface area contributed by atoms with Crippen LogP contribution in [0.2, 0.25) is 0 Å². The second-order valence-corrected chi connectivity index (χ2v) is 7.20. The average molecular weight is 393 g/mol. The largest absolute Gasteiger partial charge is 0.496 e. The van der Waals surface area contributed by atoms with E-state index in [0.29, 0.717) is 5.56 Å². The minimum absolute atomic E-state index is 0.0298. The number of quaternary nitrogens is 1. The minimum Gasteiger partial charge on any atom is -0.496 e. The standard InChI is InChI=1S/C22H24N4O3/c1-17-6-7-22(29-2)19(14-17)16-24-10-12-25(13-11-24)21(8-9-23)18-4-3-5-20(15-18)26(27)28/h3-8,14-15H,10-13,16H2,1-2H3/p+1/b21-8-. The van der Waals surface area contributed by atoms with E-state index in [1.165, 1.54) is 34.2 Å². The number of nitro benzene ring substituents is 1. The molecule has 1 N–H and O–H groups in total. The summed E-state index contributed by atoms with van der Waals surface area (Å²) in [7, 11) is 1.69. The van der Waals surface area contributed by atoms with Crippen molar-refractivity contribution in [1.29, 1.82) is 5.26 Å². The molecule has 1 aliphatic heterocycles. The fourth-order valence-corrected chi connectivity index (χ4v) is 3.75. The smallest absolute Gasteiger partial charge is 0.270 e. The van der Waals surface area contributed by atoms with E-state index in [0.717, 1.165) is 44.2 Å². The van der Waals surface area contributed by atoms with Crippen molar-refractivity contribution in [2.24, 2.45) is 0 Å². The van der Waals surface area contributed by atoms with E-state index < -0.39 is 4.92 Å². The van der Waals surface area contributed by atoms with Crippen LogP contribution >= 0.6 is 0 Å². The number of piperazine rings is 1. The van der Waals surface area contributed by atoms with Crippen LogP contribution in [0.3, 0.4) is 0 Å². The third kappa shape index (κ3) is 4.92. The summed E-state index contributed by atoms with van der Waals surface area (Å²) >= 11 is 0. The maximum atomic E-state index is 11.1. The van der Waals surface area contributed by atoms with Gasteiger partial charge in [0.1, 0.15) is 12.3 Å². The van der Waals surface area contributed by atoms with Crippen LogP contribution in [0.4, 0.5) is 5.69 Å². The van der Waals surface area contributed by atoms with E-state index in [-0.39, 0.29) is 5.69 Å². The second-order valence-electron chi connectivity index (χ2n) is 7.20. The number of rotatable bonds is 6. The first kappa shape index (κ1) is 20.4. The van der Waals surface area contributed by atoms with Crippen LogP contribution in [0, 0.1) is 28.4 Å². The fourth-order valence-electron chi connectivity index (χ4n) is 3.75. The SMILES string of the molecule is COc1ccc(C)cc1C[NH+]1CCN(/C(=C\C#N)c2cccc([N+](=O)[O-])c2)CC1. The number of aryl methyl sites for hydroxylation is 1. The molecule has 1 fully saturated rings. The third-order valence-corrected chi connectivity index (χ3v) is 5.24. The van der Waals surface area contributed by atoms with Gasteiger partial charge in [-0.3, -0.25) is 10.1 Å². The van der Waals surface area contributed by atoms with Crippen molar-refractivity contribution in [3.05, 3.63) is 75.3 Å². The molecule has 150 valence electrons. The first-order valence-electron chi connectivity index (χ1n) is 9.58. The molecule has 7 nitrogen and oxygen atoms in total. The number of nitriles is 1. The molecule has 0 atom stereocenters. The van der Waals surface area contributed by atoms with Crippen LogP contribution in [0.15, 0.2) is 48.5 Å². The van der Waals surface area contributed by atoms with Gasteiger partial charge in [0, 0.05) is 29.3 Å². The zero-order valence-corrected chi connectivity index (χ0v) is 16.7. The number of benzene rings is 2. The van der Waals surface area contributed by atoms with Gasteiger partial charge in [0.2, 0.25) is 0 Å². The third-order valence-electron chi connectivity index (χ3n) is 5.24. The number of nitro groups is 1. The number of hydrogen-bond donors (Lipinski definition) is 1. The molecule has 29 heavy (non-hydrogen) atoms. The maximum Gasteiger partial charge on any atom is 0.270 e. The van der Waals surface area contributed by atoms with Gasteiger partial charge in [-0.2, -0.15) is 5.26 Å². The van der Waals surface area contributed by atoms with Crippen LogP contribution in [0.1, 0.15) is 16.7 Å². The van der Waals surface area contributed by atoms with Gasteiger partial charge in [0.15, 0.2) is 0 Å². The van der Waals surface area contributed by atoms with Crippen LogP contribution in [0.25, 0.3) is 5.70 Å². The van der Waals surface area contributed by atoms with Crippen LogP contribution in [-0.4, -0.2) is 43.1 Å². The van der Waals surface area contributed by atoms with E-state index in [4.69, 9.17) is 4.74 Å². The lowest BCUT2D eigenvalue weighted by Crippen LogP contribution is -3.13. The summed E-state index contributed by atoms with van der Waals surface area (Å²) in [5.41, 5.74) is 3.88. The molecule has 0 amide bonds. The molecule has 1 aliphatic rings. The Hall–Kier alpha value is -3.37. The summed E-state index contributed by atoms with van der Waals surface area (Å²) in [4.78, 5) is 14.3. The summed E-state index contributed by atoms with van der Waals surface area (Å²) in [5, 5.41) is 20.3. The van der Waals surface area contributed by atoms with Gasteiger partial charge in [-0.05, 0) is 19.1 Å². The molecule has 0 aliphatic carbocycles. The van der Waals surface area contributed by atoms with Gasteiger partial charge >= 0.3 is 0 Å². The Labute approximate surface area is 170 Å². The monoisotopic (exact) mass is 393 g/mol. The van der Waals surface area contributed by atoms with Crippen molar-refractivity contribution in [3.63, 3.8) is 0 Å². The summed E-state index contributed by atoms with van der Waals surface area (Å²) in [6.07, 6.45) is 1.48. The predicted molar refractivity (Wildman–Crippen MR) is 110 cm³/mol. The topological polar surface area (TPSA) is 83.8 Å². The number of hydrogen-bond acceptors (Lipinski definition) is 5. The van der Waals surface area contributed by atoms with E-state index in [1.54, 1.807) is 13.2 Å². The number of methoxy groups -OCH3 is 1. The molecule has 0 aromatic heterocycles. The van der Waals surface area contributed by atoms with Gasteiger partial charge in [0.25, 0.3) is 5.69 Å². The molecule has 1 heterocycles. The Morgan fingerprint density at radius 1 is 1.31 bits per heavy atom. The molecule has 0 spiro atoms. The average Bonchev–Trinajstić information content (AvgIpc) is 2.73. The lowest BCUT2D eigenvalue weighted by molar-refractivity contribution is -0.917. The summed E-state index contributed by atoms with van der Waals surface area (Å²) in [5.74, 6) is 0.909. The molecule has 1 saturated heterocycles. The van der Waals surface area contributed by atoms with Gasteiger partial charge in [-0.15, -0.1) is 0 Å². The molecule has 7 heteroatoms. The highest BCUT2D eigenvalue weighted by atomic mass is 16.6. The van der Waals surface area contributed by atoms with Crippen molar-refractivity contribution in [2.45, 2.75) is 13.5 Å². The molecular formula is C22H25N4O3+. The number of allylic oxidation sites excluding steroid dienone is 1. The minimum atomic E-state index is -0.412. The quantitative estimate of drug-likeness (QED) is 0.462. The van der Waals surface area contributed by atoms with Gasteiger partial charge in [-0.25, -0.2) is 0 Å². The van der Waals surface area contributed by atoms with Gasteiger partial charge in [-0.1, -0.05) is 23.8 Å². The molecule has 0 bridgehead atoms. The number of nitrogens with zero attached hydrogens (tertiary/aromatic N) is 3. The van der Waals surface area contributed by atoms with Crippen LogP contribution in [-0.2, 0) is 6.54 Å². The fraction of sp³-hybridized carbons (Fsp3) is 0.318. The molecule has 3 rings (SSSR count). The predicted octanol–water partition coefficient (Wildman–Crippen LogP) is 2.18. The molecular weight excluding hydrogens is 368 g/mol. The van der Waals surface area contributed by atoms with Crippen LogP contribution in [0.5, 0.6) is 5.75 Å². The zero-order chi connectivity index (χ0) is 20.8. The van der Waals surface area contributed by atoms with Crippen molar-refractivity contribution < 1.29 is 14.6 Å². The lowest BCUT2D eigenvalue weighted by Gasteiger charge is -2.35. The maximum absolute atomic E-state index is 11.1. The highest BCUT2D eigenvalue weighted by Gasteiger charge is 2.24. The first-order chi connectivity index (χ1) is 14.0. The van der Waals surface area contributed by atoms with Crippen molar-refractivity contribution in [2.75, 3.05) is 33.3 Å². The lowest BCUT2D eigenvalue weighted by atomic mass is 10.1. The van der Waals surface area contributed by atoms with Gasteiger partial charge in [0.05, 0.1) is 50.0 Å². The number of nitrogens with one attached hydrogen (secondary N) is 1. The first-order valence-corrected chi connectivity index (χ1v) is 9.58. The Kier molecular flexibility index (Phi) is 6.47. The summed E-state index contributed by atoms with van der Waals surface area (Å²) in [6, 6.07) is 14.8. The van der Waals surface area contributed by atoms with E-state index >= 15 is 0 Å². The Morgan fingerprint density at radius 3 is 2.72 bits per heavy atom. The van der Waals surface area contributed by atoms with E-state index in [9.17, 15) is 15.4 Å². The number of ether oxygens (including phenoxy) is 1. The van der Waals surface area contributed by atoms with Gasteiger partial charge < -0.3 is 14.5 Å². The summed E-state index contributed by atoms with van der Waals surface area (Å²) in [6.45, 7) is 6.34. The van der Waals surface area contributed by atoms with Crippen molar-refractivity contribution >= 4 is 11.4 Å².